The van der Waals surface area contributed by atoms with Gasteiger partial charge in [-0.25, -0.2) is 13.1 Å². The Hall–Kier alpha value is -1.12. The monoisotopic (exact) mass is 297 g/mol. The smallest absolute Gasteiger partial charge is 0.367 e. The predicted molar refractivity (Wildman–Crippen MR) is 63.8 cm³/mol. The van der Waals surface area contributed by atoms with E-state index in [-0.39, 0.29) is 13.2 Å². The maximum atomic E-state index is 11.8. The Bertz CT molecular complexity index is 497. The van der Waals surface area contributed by atoms with Crippen LogP contribution in [0.5, 0.6) is 0 Å². The van der Waals surface area contributed by atoms with Crippen molar-refractivity contribution in [1.82, 2.24) is 4.72 Å². The lowest BCUT2D eigenvalue weighted by molar-refractivity contribution is -0.176. The van der Waals surface area contributed by atoms with E-state index < -0.39 is 22.8 Å². The summed E-state index contributed by atoms with van der Waals surface area (Å²) in [6.45, 7) is -1.29. The Morgan fingerprint density at radius 3 is 2.16 bits per heavy atom. The predicted octanol–water partition coefficient (Wildman–Crippen LogP) is 1.81. The summed E-state index contributed by atoms with van der Waals surface area (Å²) in [7, 11) is -3.26. The molecule has 0 unspecified atom stereocenters. The summed E-state index contributed by atoms with van der Waals surface area (Å²) in [6.07, 6.45) is -3.29. The highest BCUT2D eigenvalue weighted by molar-refractivity contribution is 7.88. The van der Waals surface area contributed by atoms with E-state index in [4.69, 9.17) is 0 Å². The van der Waals surface area contributed by atoms with Crippen molar-refractivity contribution in [3.05, 3.63) is 35.4 Å². The third kappa shape index (κ3) is 7.81. The first-order chi connectivity index (χ1) is 8.66. The van der Waals surface area contributed by atoms with Crippen molar-refractivity contribution in [2.75, 3.05) is 12.9 Å². The van der Waals surface area contributed by atoms with Gasteiger partial charge in [0.25, 0.3) is 0 Å². The van der Waals surface area contributed by atoms with Crippen molar-refractivity contribution >= 4 is 10.0 Å². The first-order valence-electron chi connectivity index (χ1n) is 5.33. The van der Waals surface area contributed by atoms with Crippen molar-refractivity contribution in [2.45, 2.75) is 19.3 Å². The van der Waals surface area contributed by atoms with Crippen molar-refractivity contribution in [3.63, 3.8) is 0 Å². The number of alkyl halides is 3. The molecule has 0 saturated heterocycles. The highest BCUT2D eigenvalue weighted by Crippen LogP contribution is 2.15. The fourth-order valence-electron chi connectivity index (χ4n) is 1.25. The summed E-state index contributed by atoms with van der Waals surface area (Å²) < 4.78 is 64.1. The fraction of sp³-hybridized carbons (Fsp3) is 0.455. The van der Waals surface area contributed by atoms with Crippen LogP contribution in [0.3, 0.4) is 0 Å². The van der Waals surface area contributed by atoms with Crippen LogP contribution in [0.1, 0.15) is 11.1 Å². The maximum Gasteiger partial charge on any atom is 0.411 e. The Morgan fingerprint density at radius 1 is 1.16 bits per heavy atom. The number of benzene rings is 1. The molecule has 0 fully saturated rings. The van der Waals surface area contributed by atoms with Gasteiger partial charge in [0, 0.05) is 6.54 Å². The van der Waals surface area contributed by atoms with Gasteiger partial charge in [0.2, 0.25) is 10.0 Å². The highest BCUT2D eigenvalue weighted by atomic mass is 32.2. The van der Waals surface area contributed by atoms with E-state index in [1.165, 1.54) is 0 Å². The van der Waals surface area contributed by atoms with Crippen LogP contribution in [-0.4, -0.2) is 27.5 Å². The van der Waals surface area contributed by atoms with Gasteiger partial charge in [0.1, 0.15) is 6.61 Å². The number of hydrogen-bond acceptors (Lipinski definition) is 3. The largest absolute Gasteiger partial charge is 0.411 e. The number of sulfonamides is 1. The highest BCUT2D eigenvalue weighted by Gasteiger charge is 2.27. The molecule has 0 aliphatic heterocycles. The Morgan fingerprint density at radius 2 is 1.68 bits per heavy atom. The average molecular weight is 297 g/mol. The second-order valence-corrected chi connectivity index (χ2v) is 5.85. The van der Waals surface area contributed by atoms with E-state index >= 15 is 0 Å². The molecule has 8 heteroatoms. The van der Waals surface area contributed by atoms with Gasteiger partial charge in [0.05, 0.1) is 12.9 Å². The van der Waals surface area contributed by atoms with Crippen LogP contribution in [0.4, 0.5) is 13.2 Å². The van der Waals surface area contributed by atoms with E-state index in [0.29, 0.717) is 11.1 Å². The first kappa shape index (κ1) is 15.9. The molecule has 0 spiro atoms. The SMILES string of the molecule is CS(=O)(=O)NCc1ccc(COCC(F)(F)F)cc1. The van der Waals surface area contributed by atoms with Gasteiger partial charge in [0.15, 0.2) is 0 Å². The number of rotatable bonds is 6. The average Bonchev–Trinajstić information content (AvgIpc) is 2.25. The van der Waals surface area contributed by atoms with Gasteiger partial charge >= 0.3 is 6.18 Å². The Balaban J connectivity index is 2.44. The fourth-order valence-corrected chi connectivity index (χ4v) is 1.68. The summed E-state index contributed by atoms with van der Waals surface area (Å²) in [6, 6.07) is 6.44. The summed E-state index contributed by atoms with van der Waals surface area (Å²) >= 11 is 0. The molecule has 1 aromatic rings. The lowest BCUT2D eigenvalue weighted by Crippen LogP contribution is -2.21. The molecule has 19 heavy (non-hydrogen) atoms. The molecular weight excluding hydrogens is 283 g/mol. The van der Waals surface area contributed by atoms with E-state index in [2.05, 4.69) is 9.46 Å². The zero-order chi connectivity index (χ0) is 14.5. The normalized spacial score (nSPS) is 12.6. The topological polar surface area (TPSA) is 55.4 Å². The van der Waals surface area contributed by atoms with Crippen molar-refractivity contribution < 1.29 is 26.3 Å². The zero-order valence-corrected chi connectivity index (χ0v) is 11.0. The second-order valence-electron chi connectivity index (χ2n) is 4.02. The van der Waals surface area contributed by atoms with E-state index in [1.54, 1.807) is 24.3 Å². The van der Waals surface area contributed by atoms with Crippen LogP contribution in [0.2, 0.25) is 0 Å². The minimum absolute atomic E-state index is 0.140. The van der Waals surface area contributed by atoms with Crippen LogP contribution >= 0.6 is 0 Å². The standard InChI is InChI=1S/C11H14F3NO3S/c1-19(16,17)15-6-9-2-4-10(5-3-9)7-18-8-11(12,13)14/h2-5,15H,6-8H2,1H3. The van der Waals surface area contributed by atoms with E-state index in [1.807, 2.05) is 0 Å². The van der Waals surface area contributed by atoms with Crippen LogP contribution in [0, 0.1) is 0 Å². The van der Waals surface area contributed by atoms with Crippen LogP contribution in [0.25, 0.3) is 0 Å². The molecule has 108 valence electrons. The molecule has 1 N–H and O–H groups in total. The molecular formula is C11H14F3NO3S. The van der Waals surface area contributed by atoms with E-state index in [9.17, 15) is 21.6 Å². The molecule has 0 aromatic heterocycles. The molecule has 0 saturated carbocycles. The third-order valence-corrected chi connectivity index (χ3v) is 2.76. The minimum atomic E-state index is -4.33. The van der Waals surface area contributed by atoms with Gasteiger partial charge in [-0.1, -0.05) is 24.3 Å². The Labute approximate surface area is 109 Å². The lowest BCUT2D eigenvalue weighted by atomic mass is 10.1. The molecule has 0 heterocycles. The minimum Gasteiger partial charge on any atom is -0.367 e. The van der Waals surface area contributed by atoms with Gasteiger partial charge in [-0.2, -0.15) is 13.2 Å². The lowest BCUT2D eigenvalue weighted by Gasteiger charge is -2.08. The molecule has 1 rings (SSSR count). The summed E-state index contributed by atoms with van der Waals surface area (Å²) in [4.78, 5) is 0. The number of nitrogens with one attached hydrogen (secondary N) is 1. The van der Waals surface area contributed by atoms with Gasteiger partial charge in [-0.15, -0.1) is 0 Å². The van der Waals surface area contributed by atoms with Gasteiger partial charge < -0.3 is 4.74 Å². The summed E-state index contributed by atoms with van der Waals surface area (Å²) in [5.74, 6) is 0. The van der Waals surface area contributed by atoms with Crippen molar-refractivity contribution in [1.29, 1.82) is 0 Å². The third-order valence-electron chi connectivity index (χ3n) is 2.10. The maximum absolute atomic E-state index is 11.8. The molecule has 4 nitrogen and oxygen atoms in total. The molecule has 0 bridgehead atoms. The zero-order valence-electron chi connectivity index (χ0n) is 10.2. The van der Waals surface area contributed by atoms with Crippen molar-refractivity contribution in [3.8, 4) is 0 Å². The molecule has 0 aliphatic carbocycles. The molecule has 0 radical (unpaired) electrons. The van der Waals surface area contributed by atoms with E-state index in [0.717, 1.165) is 6.26 Å². The van der Waals surface area contributed by atoms with Crippen LogP contribution in [0.15, 0.2) is 24.3 Å². The molecule has 0 amide bonds. The number of ether oxygens (including phenoxy) is 1. The van der Waals surface area contributed by atoms with Gasteiger partial charge in [-0.05, 0) is 11.1 Å². The number of halogens is 3. The summed E-state index contributed by atoms with van der Waals surface area (Å²) in [5, 5.41) is 0. The van der Waals surface area contributed by atoms with Crippen LogP contribution in [-0.2, 0) is 27.9 Å². The van der Waals surface area contributed by atoms with Gasteiger partial charge in [-0.3, -0.25) is 0 Å². The quantitative estimate of drug-likeness (QED) is 0.871. The Kier molecular flexibility index (Phi) is 5.33. The molecule has 0 aliphatic rings. The number of hydrogen-bond donors (Lipinski definition) is 1. The molecule has 0 atom stereocenters. The molecule has 1 aromatic carbocycles. The first-order valence-corrected chi connectivity index (χ1v) is 7.22. The second kappa shape index (κ2) is 6.36. The van der Waals surface area contributed by atoms with Crippen molar-refractivity contribution in [2.24, 2.45) is 0 Å². The summed E-state index contributed by atoms with van der Waals surface area (Å²) in [5.41, 5.74) is 1.30. The van der Waals surface area contributed by atoms with Crippen LogP contribution < -0.4 is 4.72 Å².